The molecule has 1 unspecified atom stereocenters. The molecule has 0 aliphatic rings. The SMILES string of the molecule is CC(c1cccc(N)c1)N(C)c1ccccn1. The Kier molecular flexibility index (Phi) is 3.28. The Hall–Kier alpha value is -2.03. The first-order chi connectivity index (χ1) is 8.18. The number of nitrogens with zero attached hydrogens (tertiary/aromatic N) is 2. The van der Waals surface area contributed by atoms with E-state index in [-0.39, 0.29) is 6.04 Å². The number of hydrogen-bond acceptors (Lipinski definition) is 3. The summed E-state index contributed by atoms with van der Waals surface area (Å²) in [6, 6.07) is 14.1. The summed E-state index contributed by atoms with van der Waals surface area (Å²) in [6.45, 7) is 2.14. The monoisotopic (exact) mass is 227 g/mol. The molecule has 88 valence electrons. The molecule has 0 aliphatic heterocycles. The molecule has 1 aromatic carbocycles. The predicted molar refractivity (Wildman–Crippen MR) is 71.9 cm³/mol. The molecule has 0 saturated heterocycles. The van der Waals surface area contributed by atoms with Gasteiger partial charge >= 0.3 is 0 Å². The summed E-state index contributed by atoms with van der Waals surface area (Å²) in [7, 11) is 2.04. The van der Waals surface area contributed by atoms with E-state index in [0.717, 1.165) is 11.5 Å². The van der Waals surface area contributed by atoms with Crippen LogP contribution in [0, 0.1) is 0 Å². The molecule has 0 aliphatic carbocycles. The number of pyridine rings is 1. The first-order valence-electron chi connectivity index (χ1n) is 5.68. The molecule has 0 bridgehead atoms. The third-order valence-corrected chi connectivity index (χ3v) is 2.98. The van der Waals surface area contributed by atoms with E-state index >= 15 is 0 Å². The third kappa shape index (κ3) is 2.56. The van der Waals surface area contributed by atoms with E-state index in [1.165, 1.54) is 5.56 Å². The standard InChI is InChI=1S/C14H17N3/c1-11(12-6-5-7-13(15)10-12)17(2)14-8-3-4-9-16-14/h3-11H,15H2,1-2H3. The Morgan fingerprint density at radius 3 is 2.65 bits per heavy atom. The Bertz CT molecular complexity index is 482. The number of aromatic nitrogens is 1. The highest BCUT2D eigenvalue weighted by Crippen LogP contribution is 2.24. The zero-order valence-corrected chi connectivity index (χ0v) is 10.2. The highest BCUT2D eigenvalue weighted by Gasteiger charge is 2.12. The van der Waals surface area contributed by atoms with Crippen LogP contribution in [0.15, 0.2) is 48.7 Å². The van der Waals surface area contributed by atoms with Gasteiger partial charge in [-0.1, -0.05) is 18.2 Å². The molecule has 0 radical (unpaired) electrons. The van der Waals surface area contributed by atoms with Gasteiger partial charge in [-0.2, -0.15) is 0 Å². The van der Waals surface area contributed by atoms with Crippen molar-refractivity contribution >= 4 is 11.5 Å². The number of nitrogen functional groups attached to an aromatic ring is 1. The largest absolute Gasteiger partial charge is 0.399 e. The summed E-state index contributed by atoms with van der Waals surface area (Å²) < 4.78 is 0. The molecule has 0 saturated carbocycles. The Morgan fingerprint density at radius 2 is 2.00 bits per heavy atom. The van der Waals surface area contributed by atoms with Gasteiger partial charge in [-0.25, -0.2) is 4.98 Å². The lowest BCUT2D eigenvalue weighted by molar-refractivity contribution is 0.729. The van der Waals surface area contributed by atoms with Crippen molar-refractivity contribution < 1.29 is 0 Å². The van der Waals surface area contributed by atoms with Gasteiger partial charge in [0.2, 0.25) is 0 Å². The minimum Gasteiger partial charge on any atom is -0.399 e. The van der Waals surface area contributed by atoms with Crippen molar-refractivity contribution in [3.8, 4) is 0 Å². The second-order valence-corrected chi connectivity index (χ2v) is 4.14. The zero-order valence-electron chi connectivity index (χ0n) is 10.2. The third-order valence-electron chi connectivity index (χ3n) is 2.98. The van der Waals surface area contributed by atoms with Gasteiger partial charge in [0.25, 0.3) is 0 Å². The van der Waals surface area contributed by atoms with E-state index in [4.69, 9.17) is 5.73 Å². The molecule has 0 amide bonds. The van der Waals surface area contributed by atoms with E-state index in [2.05, 4.69) is 22.9 Å². The maximum Gasteiger partial charge on any atom is 0.128 e. The van der Waals surface area contributed by atoms with Crippen LogP contribution in [0.3, 0.4) is 0 Å². The summed E-state index contributed by atoms with van der Waals surface area (Å²) in [5, 5.41) is 0. The summed E-state index contributed by atoms with van der Waals surface area (Å²) in [4.78, 5) is 6.48. The predicted octanol–water partition coefficient (Wildman–Crippen LogP) is 2.86. The summed E-state index contributed by atoms with van der Waals surface area (Å²) in [5.41, 5.74) is 7.79. The minimum atomic E-state index is 0.244. The van der Waals surface area contributed by atoms with Gasteiger partial charge in [-0.15, -0.1) is 0 Å². The molecular weight excluding hydrogens is 210 g/mol. The van der Waals surface area contributed by atoms with Crippen LogP contribution < -0.4 is 10.6 Å². The molecule has 1 aromatic heterocycles. The highest BCUT2D eigenvalue weighted by molar-refractivity contribution is 5.45. The minimum absolute atomic E-state index is 0.244. The molecular formula is C14H17N3. The Morgan fingerprint density at radius 1 is 1.18 bits per heavy atom. The Balaban J connectivity index is 2.23. The number of hydrogen-bond donors (Lipinski definition) is 1. The van der Waals surface area contributed by atoms with Gasteiger partial charge in [0, 0.05) is 18.9 Å². The van der Waals surface area contributed by atoms with Crippen molar-refractivity contribution in [2.24, 2.45) is 0 Å². The normalized spacial score (nSPS) is 12.1. The van der Waals surface area contributed by atoms with Gasteiger partial charge in [0.15, 0.2) is 0 Å². The summed E-state index contributed by atoms with van der Waals surface area (Å²) >= 11 is 0. The average Bonchev–Trinajstić information content (AvgIpc) is 2.38. The van der Waals surface area contributed by atoms with Crippen LogP contribution in [0.25, 0.3) is 0 Å². The van der Waals surface area contributed by atoms with Gasteiger partial charge in [0.1, 0.15) is 5.82 Å². The van der Waals surface area contributed by atoms with Crippen LogP contribution in [-0.2, 0) is 0 Å². The smallest absolute Gasteiger partial charge is 0.128 e. The second kappa shape index (κ2) is 4.87. The summed E-state index contributed by atoms with van der Waals surface area (Å²) in [5.74, 6) is 0.961. The van der Waals surface area contributed by atoms with Crippen molar-refractivity contribution in [2.45, 2.75) is 13.0 Å². The van der Waals surface area contributed by atoms with Gasteiger partial charge in [-0.05, 0) is 36.8 Å². The molecule has 2 N–H and O–H groups in total. The van der Waals surface area contributed by atoms with Crippen molar-refractivity contribution in [3.63, 3.8) is 0 Å². The number of nitrogens with two attached hydrogens (primary N) is 1. The summed E-state index contributed by atoms with van der Waals surface area (Å²) in [6.07, 6.45) is 1.80. The quantitative estimate of drug-likeness (QED) is 0.820. The first-order valence-corrected chi connectivity index (χ1v) is 5.68. The molecule has 3 heteroatoms. The number of benzene rings is 1. The number of rotatable bonds is 3. The highest BCUT2D eigenvalue weighted by atomic mass is 15.2. The maximum atomic E-state index is 5.80. The van der Waals surface area contributed by atoms with Gasteiger partial charge in [-0.3, -0.25) is 0 Å². The molecule has 2 aromatic rings. The van der Waals surface area contributed by atoms with Crippen molar-refractivity contribution in [1.82, 2.24) is 4.98 Å². The van der Waals surface area contributed by atoms with Gasteiger partial charge in [0.05, 0.1) is 6.04 Å². The van der Waals surface area contributed by atoms with Crippen molar-refractivity contribution in [3.05, 3.63) is 54.2 Å². The fourth-order valence-corrected chi connectivity index (χ4v) is 1.80. The van der Waals surface area contributed by atoms with E-state index < -0.39 is 0 Å². The van der Waals surface area contributed by atoms with Crippen molar-refractivity contribution in [2.75, 3.05) is 17.7 Å². The molecule has 3 nitrogen and oxygen atoms in total. The Labute approximate surface area is 102 Å². The van der Waals surface area contributed by atoms with E-state index in [1.807, 2.05) is 43.4 Å². The zero-order chi connectivity index (χ0) is 12.3. The van der Waals surface area contributed by atoms with E-state index in [1.54, 1.807) is 6.20 Å². The molecule has 1 atom stereocenters. The average molecular weight is 227 g/mol. The lowest BCUT2D eigenvalue weighted by atomic mass is 10.1. The van der Waals surface area contributed by atoms with Crippen molar-refractivity contribution in [1.29, 1.82) is 0 Å². The second-order valence-electron chi connectivity index (χ2n) is 4.14. The lowest BCUT2D eigenvalue weighted by Crippen LogP contribution is -2.22. The molecule has 1 heterocycles. The molecule has 0 spiro atoms. The van der Waals surface area contributed by atoms with Crippen LogP contribution in [0.4, 0.5) is 11.5 Å². The van der Waals surface area contributed by atoms with E-state index in [9.17, 15) is 0 Å². The van der Waals surface area contributed by atoms with Crippen LogP contribution in [0.2, 0.25) is 0 Å². The molecule has 2 rings (SSSR count). The topological polar surface area (TPSA) is 42.1 Å². The van der Waals surface area contributed by atoms with Gasteiger partial charge < -0.3 is 10.6 Å². The maximum absolute atomic E-state index is 5.80. The number of anilines is 2. The van der Waals surface area contributed by atoms with Crippen LogP contribution >= 0.6 is 0 Å². The first kappa shape index (κ1) is 11.5. The van der Waals surface area contributed by atoms with Crippen LogP contribution in [0.1, 0.15) is 18.5 Å². The van der Waals surface area contributed by atoms with Crippen LogP contribution in [-0.4, -0.2) is 12.0 Å². The molecule has 17 heavy (non-hydrogen) atoms. The lowest BCUT2D eigenvalue weighted by Gasteiger charge is -2.26. The fourth-order valence-electron chi connectivity index (χ4n) is 1.80. The fraction of sp³-hybridized carbons (Fsp3) is 0.214. The van der Waals surface area contributed by atoms with E-state index in [0.29, 0.717) is 0 Å². The van der Waals surface area contributed by atoms with Crippen LogP contribution in [0.5, 0.6) is 0 Å². The molecule has 0 fully saturated rings.